The molecule has 0 spiro atoms. The topological polar surface area (TPSA) is 222 Å². The zero-order valence-corrected chi connectivity index (χ0v) is 51.6. The minimum absolute atomic E-state index is 0.0103. The molecular weight excluding hydrogens is 1150 g/mol. The molecule has 0 unspecified atom stereocenters. The average molecular weight is 1240 g/mol. The van der Waals surface area contributed by atoms with Gasteiger partial charge < -0.3 is 53.8 Å². The number of piperazine rings is 1. The first-order valence-corrected chi connectivity index (χ1v) is 30.6. The molecule has 0 bridgehead atoms. The Morgan fingerprint density at radius 1 is 0.839 bits per heavy atom. The predicted octanol–water partition coefficient (Wildman–Crippen LogP) is 8.01. The Morgan fingerprint density at radius 2 is 1.45 bits per heavy atom. The minimum atomic E-state index is -4.99. The normalized spacial score (nSPS) is 18.9. The highest BCUT2D eigenvalue weighted by molar-refractivity contribution is 7.13. The Labute approximate surface area is 509 Å². The van der Waals surface area contributed by atoms with E-state index in [0.29, 0.717) is 69.5 Å². The van der Waals surface area contributed by atoms with Crippen molar-refractivity contribution < 1.29 is 70.3 Å². The maximum Gasteiger partial charge on any atom is 0.417 e. The Kier molecular flexibility index (Phi) is 24.9. The van der Waals surface area contributed by atoms with Crippen LogP contribution in [-0.2, 0) is 55.5 Å². The number of aromatic amines is 1. The van der Waals surface area contributed by atoms with E-state index in [1.54, 1.807) is 22.3 Å². The zero-order valence-electron chi connectivity index (χ0n) is 50.8. The third kappa shape index (κ3) is 19.4. The fraction of sp³-hybridized carbons (Fsp3) is 0.571. The molecule has 2 aromatic heterocycles. The van der Waals surface area contributed by atoms with Crippen LogP contribution in [0, 0.1) is 24.1 Å². The third-order valence-corrected chi connectivity index (χ3v) is 17.2. The smallest absolute Gasteiger partial charge is 0.391 e. The van der Waals surface area contributed by atoms with Crippen LogP contribution in [0.2, 0.25) is 0 Å². The Morgan fingerprint density at radius 3 is 2.01 bits per heavy atom. The molecule has 2 aromatic carbocycles. The molecule has 0 radical (unpaired) electrons. The van der Waals surface area contributed by atoms with Gasteiger partial charge in [-0.2, -0.15) is 13.2 Å². The van der Waals surface area contributed by atoms with Gasteiger partial charge in [-0.05, 0) is 74.9 Å². The standard InChI is InChI=1S/C63H83F4N7O12S/c1-40-36-73(37-41(2)71(40)7)54-34-52(64)48(32-53(54)70-60(80)49-35-68-57(78)33-50(49)63(65,66)67)44-14-18-72(19-15-44)58(79)17-21-83-23-25-85-27-29-86-28-26-84-24-22-82-20-16-46(75)30-51(62(4,5)6)61(81)74-38-47(76)31-55(74)56(77)13-10-43-8-11-45(12-9-43)59-42(3)69-39-87-59/h8-9,11-12,14,32-35,39-41,47,51,55,76H,10,13,15-31,36-38H2,1-7H3,(H,68,78)(H,70,80)/t40-,41+,47-,51-,55+/m1/s1. The van der Waals surface area contributed by atoms with Crippen LogP contribution in [0.5, 0.6) is 0 Å². The van der Waals surface area contributed by atoms with E-state index in [9.17, 15) is 47.0 Å². The molecule has 3 amide bonds. The Hall–Kier alpha value is -6.25. The monoisotopic (exact) mass is 1240 g/mol. The van der Waals surface area contributed by atoms with Crippen LogP contribution >= 0.6 is 11.3 Å². The maximum atomic E-state index is 16.1. The van der Waals surface area contributed by atoms with Crippen molar-refractivity contribution in [1.82, 2.24) is 24.7 Å². The first kappa shape index (κ1) is 68.2. The molecule has 2 saturated heterocycles. The molecule has 7 rings (SSSR count). The van der Waals surface area contributed by atoms with Crippen molar-refractivity contribution in [3.63, 3.8) is 0 Å². The van der Waals surface area contributed by atoms with Gasteiger partial charge in [0.1, 0.15) is 11.6 Å². The number of Topliss-reactive ketones (excluding diaryl/α,β-unsaturated/α-hetero) is 2. The number of H-pyrrole nitrogens is 1. The molecule has 476 valence electrons. The van der Waals surface area contributed by atoms with Crippen molar-refractivity contribution in [3.05, 3.63) is 104 Å². The van der Waals surface area contributed by atoms with Crippen LogP contribution in [0.4, 0.5) is 28.9 Å². The number of hydrogen-bond donors (Lipinski definition) is 3. The number of nitrogens with zero attached hydrogens (tertiary/aromatic N) is 5. The number of likely N-dealkylation sites (N-methyl/N-ethyl adjacent to an activating group) is 1. The highest BCUT2D eigenvalue weighted by Gasteiger charge is 2.44. The lowest BCUT2D eigenvalue weighted by atomic mass is 9.76. The predicted molar refractivity (Wildman–Crippen MR) is 322 cm³/mol. The van der Waals surface area contributed by atoms with Crippen molar-refractivity contribution in [2.75, 3.05) is 116 Å². The molecular formula is C63H83F4N7O12S. The molecule has 3 aliphatic heterocycles. The number of hydrogen-bond acceptors (Lipinski definition) is 16. The van der Waals surface area contributed by atoms with E-state index in [-0.39, 0.29) is 145 Å². The van der Waals surface area contributed by atoms with Crippen LogP contribution in [0.15, 0.2) is 65.0 Å². The van der Waals surface area contributed by atoms with Crippen LogP contribution in [-0.4, -0.2) is 189 Å². The SMILES string of the molecule is Cc1ncsc1-c1ccc(CCC(=O)[C@@H]2C[C@@H](O)CN2C(=O)[C@@H](CC(=O)CCOCCOCCOCCOCCOCCC(=O)N2CC=C(c3cc(NC(=O)c4c[nH]c(=O)cc4C(F)(F)F)c(N4C[C@@H](C)N(C)[C@@H](C)C4)cc3F)CC2)C(C)(C)C)cc1. The number of ketones is 2. The first-order valence-electron chi connectivity index (χ1n) is 29.7. The second-order valence-electron chi connectivity index (χ2n) is 23.6. The summed E-state index contributed by atoms with van der Waals surface area (Å²) in [6, 6.07) is 10.4. The van der Waals surface area contributed by atoms with Crippen molar-refractivity contribution >= 4 is 57.6 Å². The number of thiazole rings is 1. The van der Waals surface area contributed by atoms with Crippen molar-refractivity contribution in [1.29, 1.82) is 0 Å². The third-order valence-electron chi connectivity index (χ3n) is 16.2. The number of carbonyl (C=O) groups excluding carboxylic acids is 5. The zero-order chi connectivity index (χ0) is 63.0. The molecule has 5 heterocycles. The number of pyridine rings is 1. The number of aryl methyl sites for hydroxylation is 2. The first-order chi connectivity index (χ1) is 41.4. The second kappa shape index (κ2) is 31.8. The Bertz CT molecular complexity index is 3060. The highest BCUT2D eigenvalue weighted by atomic mass is 32.1. The number of benzene rings is 2. The van der Waals surface area contributed by atoms with Gasteiger partial charge in [-0.1, -0.05) is 51.1 Å². The molecule has 3 aliphatic rings. The van der Waals surface area contributed by atoms with Gasteiger partial charge in [-0.3, -0.25) is 33.7 Å². The number of ether oxygens (including phenoxy) is 5. The fourth-order valence-electron chi connectivity index (χ4n) is 11.0. The second-order valence-corrected chi connectivity index (χ2v) is 24.4. The summed E-state index contributed by atoms with van der Waals surface area (Å²) in [4.78, 5) is 94.0. The van der Waals surface area contributed by atoms with Crippen molar-refractivity contribution in [2.24, 2.45) is 11.3 Å². The number of nitrogens with one attached hydrogen (secondary N) is 2. The maximum absolute atomic E-state index is 16.1. The van der Waals surface area contributed by atoms with Crippen LogP contribution in [0.3, 0.4) is 0 Å². The Balaban J connectivity index is 0.731. The summed E-state index contributed by atoms with van der Waals surface area (Å²) in [6.45, 7) is 15.7. The van der Waals surface area contributed by atoms with Gasteiger partial charge in [0, 0.05) is 94.2 Å². The highest BCUT2D eigenvalue weighted by Crippen LogP contribution is 2.39. The van der Waals surface area contributed by atoms with E-state index >= 15 is 4.39 Å². The summed E-state index contributed by atoms with van der Waals surface area (Å²) in [5.41, 5.74) is 2.16. The number of aliphatic hydroxyl groups is 1. The van der Waals surface area contributed by atoms with E-state index in [4.69, 9.17) is 23.7 Å². The lowest BCUT2D eigenvalue weighted by Gasteiger charge is -2.44. The molecule has 2 fully saturated rings. The fourth-order valence-corrected chi connectivity index (χ4v) is 11.8. The van der Waals surface area contributed by atoms with E-state index in [2.05, 4.69) is 20.2 Å². The van der Waals surface area contributed by atoms with E-state index in [1.165, 1.54) is 17.0 Å². The lowest BCUT2D eigenvalue weighted by Crippen LogP contribution is -2.55. The minimum Gasteiger partial charge on any atom is -0.391 e. The van der Waals surface area contributed by atoms with Crippen LogP contribution in [0.25, 0.3) is 16.0 Å². The number of alkyl halides is 3. The van der Waals surface area contributed by atoms with Gasteiger partial charge in [0.25, 0.3) is 5.91 Å². The van der Waals surface area contributed by atoms with Gasteiger partial charge in [0.05, 0.1) is 123 Å². The molecule has 87 heavy (non-hydrogen) atoms. The number of anilines is 2. The van der Waals surface area contributed by atoms with Crippen LogP contribution in [0.1, 0.15) is 106 Å². The molecule has 5 atom stereocenters. The van der Waals surface area contributed by atoms with Gasteiger partial charge in [0.15, 0.2) is 5.78 Å². The number of aromatic nitrogens is 2. The number of amides is 3. The molecule has 3 N–H and O–H groups in total. The van der Waals surface area contributed by atoms with E-state index in [0.717, 1.165) is 21.7 Å². The van der Waals surface area contributed by atoms with Crippen LogP contribution < -0.4 is 15.8 Å². The number of likely N-dealkylation sites (tertiary alicyclic amines) is 1. The van der Waals surface area contributed by atoms with Crippen molar-refractivity contribution in [3.8, 4) is 10.4 Å². The van der Waals surface area contributed by atoms with E-state index in [1.807, 2.05) is 83.3 Å². The summed E-state index contributed by atoms with van der Waals surface area (Å²) in [5, 5.41) is 13.2. The van der Waals surface area contributed by atoms with Gasteiger partial charge in [-0.25, -0.2) is 9.37 Å². The molecule has 24 heteroatoms. The molecule has 0 aliphatic carbocycles. The number of aliphatic hydroxyl groups excluding tert-OH is 1. The summed E-state index contributed by atoms with van der Waals surface area (Å²) in [7, 11) is 1.97. The van der Waals surface area contributed by atoms with Gasteiger partial charge in [-0.15, -0.1) is 11.3 Å². The molecule has 0 saturated carbocycles. The lowest BCUT2D eigenvalue weighted by molar-refractivity contribution is -0.146. The van der Waals surface area contributed by atoms with Crippen molar-refractivity contribution in [2.45, 2.75) is 117 Å². The van der Waals surface area contributed by atoms with Gasteiger partial charge >= 0.3 is 6.18 Å². The summed E-state index contributed by atoms with van der Waals surface area (Å²) < 4.78 is 86.0. The molecule has 4 aromatic rings. The largest absolute Gasteiger partial charge is 0.417 e. The number of β-amino-alcohol motifs (C(OH)–C–C–N with tert-alkyl or cyclic N) is 1. The average Bonchev–Trinajstić information content (AvgIpc) is 2.51. The summed E-state index contributed by atoms with van der Waals surface area (Å²) in [5.74, 6) is -3.12. The quantitative estimate of drug-likeness (QED) is 0.0332. The number of halogens is 4. The summed E-state index contributed by atoms with van der Waals surface area (Å²) >= 11 is 1.58. The van der Waals surface area contributed by atoms with Gasteiger partial charge in [0.2, 0.25) is 17.4 Å². The van der Waals surface area contributed by atoms with E-state index < -0.39 is 58.1 Å². The number of rotatable bonds is 30. The summed E-state index contributed by atoms with van der Waals surface area (Å²) in [6.07, 6.45) is -2.01. The number of carbonyl (C=O) groups is 5. The molecule has 19 nitrogen and oxygen atoms in total.